The molecule has 1 heterocycles. The Hall–Kier alpha value is -1.62. The van der Waals surface area contributed by atoms with E-state index in [-0.39, 0.29) is 41.5 Å². The SMILES string of the molecule is Cl.O=C(NC(c1ccc(F)cc1)c1ccccc1Cl)C1CC12CCNCC2. The first-order valence-corrected chi connectivity index (χ1v) is 9.48. The van der Waals surface area contributed by atoms with Crippen molar-refractivity contribution in [3.05, 3.63) is 70.5 Å². The highest BCUT2D eigenvalue weighted by molar-refractivity contribution is 6.31. The Balaban J connectivity index is 0.00000210. The zero-order chi connectivity index (χ0) is 18.1. The van der Waals surface area contributed by atoms with Crippen LogP contribution in [0.3, 0.4) is 0 Å². The maximum Gasteiger partial charge on any atom is 0.224 e. The van der Waals surface area contributed by atoms with Crippen LogP contribution in [0.5, 0.6) is 0 Å². The average Bonchev–Trinajstić information content (AvgIpc) is 3.35. The fourth-order valence-electron chi connectivity index (χ4n) is 4.14. The zero-order valence-corrected chi connectivity index (χ0v) is 16.5. The van der Waals surface area contributed by atoms with Crippen molar-refractivity contribution in [2.24, 2.45) is 11.3 Å². The van der Waals surface area contributed by atoms with Gasteiger partial charge in [0.1, 0.15) is 5.82 Å². The standard InChI is InChI=1S/C21H22ClFN2O.ClH/c22-18-4-2-1-3-16(18)19(14-5-7-15(23)8-6-14)25-20(26)17-13-21(17)9-11-24-12-10-21;/h1-8,17,19,24H,9-13H2,(H,25,26);1H. The van der Waals surface area contributed by atoms with Crippen LogP contribution in [0.1, 0.15) is 36.4 Å². The van der Waals surface area contributed by atoms with Crippen molar-refractivity contribution in [1.29, 1.82) is 0 Å². The van der Waals surface area contributed by atoms with Gasteiger partial charge in [0.2, 0.25) is 5.91 Å². The summed E-state index contributed by atoms with van der Waals surface area (Å²) in [6.45, 7) is 1.96. The number of hydrogen-bond acceptors (Lipinski definition) is 2. The third-order valence-electron chi connectivity index (χ3n) is 5.81. The van der Waals surface area contributed by atoms with Crippen LogP contribution in [0.2, 0.25) is 5.02 Å². The van der Waals surface area contributed by atoms with Gasteiger partial charge in [0.05, 0.1) is 6.04 Å². The number of piperidine rings is 1. The molecule has 2 unspecified atom stereocenters. The number of carbonyl (C=O) groups is 1. The summed E-state index contributed by atoms with van der Waals surface area (Å²) in [6, 6.07) is 13.3. The molecule has 2 aliphatic rings. The smallest absolute Gasteiger partial charge is 0.224 e. The van der Waals surface area contributed by atoms with E-state index in [1.54, 1.807) is 12.1 Å². The molecule has 144 valence electrons. The number of benzene rings is 2. The van der Waals surface area contributed by atoms with Gasteiger partial charge in [0.25, 0.3) is 0 Å². The molecule has 2 aromatic carbocycles. The minimum absolute atomic E-state index is 0. The van der Waals surface area contributed by atoms with Gasteiger partial charge in [-0.25, -0.2) is 4.39 Å². The molecule has 2 atom stereocenters. The predicted octanol–water partition coefficient (Wildman–Crippen LogP) is 4.50. The van der Waals surface area contributed by atoms with E-state index in [1.165, 1.54) is 12.1 Å². The molecule has 4 rings (SSSR count). The summed E-state index contributed by atoms with van der Waals surface area (Å²) in [6.07, 6.45) is 3.07. The van der Waals surface area contributed by atoms with Crippen molar-refractivity contribution in [1.82, 2.24) is 10.6 Å². The molecule has 2 fully saturated rings. The summed E-state index contributed by atoms with van der Waals surface area (Å²) < 4.78 is 13.4. The molecular formula is C21H23Cl2FN2O. The lowest BCUT2D eigenvalue weighted by atomic mass is 9.91. The Morgan fingerprint density at radius 2 is 1.81 bits per heavy atom. The highest BCUT2D eigenvalue weighted by Crippen LogP contribution is 2.58. The Morgan fingerprint density at radius 1 is 1.15 bits per heavy atom. The van der Waals surface area contributed by atoms with Crippen molar-refractivity contribution < 1.29 is 9.18 Å². The van der Waals surface area contributed by atoms with Crippen LogP contribution in [0.15, 0.2) is 48.5 Å². The number of carbonyl (C=O) groups excluding carboxylic acids is 1. The van der Waals surface area contributed by atoms with Gasteiger partial charge in [-0.3, -0.25) is 4.79 Å². The summed E-state index contributed by atoms with van der Waals surface area (Å²) >= 11 is 6.39. The van der Waals surface area contributed by atoms with Crippen LogP contribution < -0.4 is 10.6 Å². The normalized spacial score (nSPS) is 21.2. The monoisotopic (exact) mass is 408 g/mol. The molecule has 1 aliphatic carbocycles. The molecule has 2 aromatic rings. The maximum absolute atomic E-state index is 13.4. The van der Waals surface area contributed by atoms with Gasteiger partial charge < -0.3 is 10.6 Å². The lowest BCUT2D eigenvalue weighted by Crippen LogP contribution is -2.35. The lowest BCUT2D eigenvalue weighted by molar-refractivity contribution is -0.123. The number of amides is 1. The summed E-state index contributed by atoms with van der Waals surface area (Å²) in [7, 11) is 0. The summed E-state index contributed by atoms with van der Waals surface area (Å²) in [4.78, 5) is 13.0. The average molecular weight is 409 g/mol. The summed E-state index contributed by atoms with van der Waals surface area (Å²) in [5, 5.41) is 7.13. The van der Waals surface area contributed by atoms with E-state index in [0.717, 1.165) is 43.5 Å². The van der Waals surface area contributed by atoms with Crippen molar-refractivity contribution in [2.45, 2.75) is 25.3 Å². The number of hydrogen-bond donors (Lipinski definition) is 2. The Labute approximate surface area is 170 Å². The Bertz CT molecular complexity index is 806. The van der Waals surface area contributed by atoms with Crippen LogP contribution in [0, 0.1) is 17.2 Å². The minimum atomic E-state index is -0.379. The Kier molecular flexibility index (Phi) is 6.09. The third-order valence-corrected chi connectivity index (χ3v) is 6.16. The van der Waals surface area contributed by atoms with Crippen LogP contribution in [-0.2, 0) is 4.79 Å². The van der Waals surface area contributed by atoms with E-state index in [1.807, 2.05) is 24.3 Å². The largest absolute Gasteiger partial charge is 0.345 e. The highest BCUT2D eigenvalue weighted by atomic mass is 35.5. The molecule has 0 aromatic heterocycles. The summed E-state index contributed by atoms with van der Waals surface area (Å²) in [5.41, 5.74) is 1.82. The van der Waals surface area contributed by atoms with E-state index in [9.17, 15) is 9.18 Å². The second kappa shape index (κ2) is 8.17. The molecule has 1 saturated heterocycles. The van der Waals surface area contributed by atoms with E-state index < -0.39 is 0 Å². The van der Waals surface area contributed by atoms with Crippen molar-refractivity contribution >= 4 is 29.9 Å². The van der Waals surface area contributed by atoms with Gasteiger partial charge in [0.15, 0.2) is 0 Å². The molecule has 6 heteroatoms. The predicted molar refractivity (Wildman–Crippen MR) is 108 cm³/mol. The van der Waals surface area contributed by atoms with Crippen LogP contribution in [0.4, 0.5) is 4.39 Å². The van der Waals surface area contributed by atoms with Gasteiger partial charge in [-0.1, -0.05) is 41.9 Å². The van der Waals surface area contributed by atoms with E-state index >= 15 is 0 Å². The van der Waals surface area contributed by atoms with Crippen molar-refractivity contribution in [3.63, 3.8) is 0 Å². The van der Waals surface area contributed by atoms with E-state index in [4.69, 9.17) is 11.6 Å². The minimum Gasteiger partial charge on any atom is -0.345 e. The first-order chi connectivity index (χ1) is 12.6. The topological polar surface area (TPSA) is 41.1 Å². The molecule has 1 spiro atoms. The zero-order valence-electron chi connectivity index (χ0n) is 14.9. The van der Waals surface area contributed by atoms with Crippen LogP contribution in [-0.4, -0.2) is 19.0 Å². The van der Waals surface area contributed by atoms with Gasteiger partial charge in [-0.05, 0) is 67.1 Å². The molecule has 1 saturated carbocycles. The number of rotatable bonds is 4. The van der Waals surface area contributed by atoms with E-state index in [0.29, 0.717) is 5.02 Å². The van der Waals surface area contributed by atoms with Crippen molar-refractivity contribution in [3.8, 4) is 0 Å². The summed E-state index contributed by atoms with van der Waals surface area (Å²) in [5.74, 6) is -0.162. The second-order valence-electron chi connectivity index (χ2n) is 7.38. The molecule has 1 aliphatic heterocycles. The maximum atomic E-state index is 13.4. The van der Waals surface area contributed by atoms with Crippen molar-refractivity contribution in [2.75, 3.05) is 13.1 Å². The van der Waals surface area contributed by atoms with Crippen LogP contribution in [0.25, 0.3) is 0 Å². The second-order valence-corrected chi connectivity index (χ2v) is 7.79. The molecule has 1 amide bonds. The first-order valence-electron chi connectivity index (χ1n) is 9.10. The molecule has 0 bridgehead atoms. The molecule has 3 nitrogen and oxygen atoms in total. The van der Waals surface area contributed by atoms with E-state index in [2.05, 4.69) is 10.6 Å². The van der Waals surface area contributed by atoms with Gasteiger partial charge in [-0.15, -0.1) is 12.4 Å². The fourth-order valence-corrected chi connectivity index (χ4v) is 4.39. The molecular weight excluding hydrogens is 386 g/mol. The third kappa shape index (κ3) is 4.13. The molecule has 0 radical (unpaired) electrons. The quantitative estimate of drug-likeness (QED) is 0.781. The highest BCUT2D eigenvalue weighted by Gasteiger charge is 2.57. The fraction of sp³-hybridized carbons (Fsp3) is 0.381. The van der Waals surface area contributed by atoms with Gasteiger partial charge >= 0.3 is 0 Å². The number of nitrogens with one attached hydrogen (secondary N) is 2. The van der Waals surface area contributed by atoms with Gasteiger partial charge in [0, 0.05) is 10.9 Å². The number of halogens is 3. The molecule has 27 heavy (non-hydrogen) atoms. The van der Waals surface area contributed by atoms with Gasteiger partial charge in [-0.2, -0.15) is 0 Å². The van der Waals surface area contributed by atoms with Crippen LogP contribution >= 0.6 is 24.0 Å². The molecule has 2 N–H and O–H groups in total. The lowest BCUT2D eigenvalue weighted by Gasteiger charge is -2.25. The first kappa shape index (κ1) is 20.1. The Morgan fingerprint density at radius 3 is 2.48 bits per heavy atom.